The van der Waals surface area contributed by atoms with Crippen molar-refractivity contribution in [1.82, 2.24) is 5.32 Å². The lowest BCUT2D eigenvalue weighted by Crippen LogP contribution is -2.29. The fraction of sp³-hybridized carbons (Fsp3) is 0.0909. The number of esters is 1. The molecule has 0 spiro atoms. The van der Waals surface area contributed by atoms with E-state index in [9.17, 15) is 14.0 Å². The highest BCUT2D eigenvalue weighted by Gasteiger charge is 2.15. The van der Waals surface area contributed by atoms with E-state index in [0.29, 0.717) is 5.70 Å². The number of hydrogen-bond donors (Lipinski definition) is 2. The maximum Gasteiger partial charge on any atom is 0.333 e. The van der Waals surface area contributed by atoms with E-state index >= 15 is 0 Å². The standard InChI is InChI=1S/C11H9FN2O3/c12-8-3-1-2-4-9(8)14-11(16)13-7-5-10(15)17-6-7/h1-5H,6H2,(H2,13,14,16). The number of carbonyl (C=O) groups is 2. The van der Waals surface area contributed by atoms with Crippen molar-refractivity contribution in [2.45, 2.75) is 0 Å². The fourth-order valence-electron chi connectivity index (χ4n) is 1.31. The van der Waals surface area contributed by atoms with E-state index in [1.54, 1.807) is 6.07 Å². The number of cyclic esters (lactones) is 1. The van der Waals surface area contributed by atoms with Crippen LogP contribution in [0.2, 0.25) is 0 Å². The summed E-state index contributed by atoms with van der Waals surface area (Å²) in [5.41, 5.74) is 0.402. The zero-order valence-electron chi connectivity index (χ0n) is 8.70. The molecule has 0 atom stereocenters. The highest BCUT2D eigenvalue weighted by molar-refractivity contribution is 5.92. The maximum absolute atomic E-state index is 13.2. The van der Waals surface area contributed by atoms with Crippen LogP contribution in [0.4, 0.5) is 14.9 Å². The number of ether oxygens (including phenoxy) is 1. The summed E-state index contributed by atoms with van der Waals surface area (Å²) in [6.07, 6.45) is 1.17. The van der Waals surface area contributed by atoms with Crippen LogP contribution in [-0.2, 0) is 9.53 Å². The van der Waals surface area contributed by atoms with Crippen LogP contribution in [0.15, 0.2) is 36.0 Å². The molecule has 6 heteroatoms. The van der Waals surface area contributed by atoms with Gasteiger partial charge in [0.2, 0.25) is 0 Å². The molecule has 0 saturated heterocycles. The van der Waals surface area contributed by atoms with E-state index in [2.05, 4.69) is 15.4 Å². The molecule has 88 valence electrons. The van der Waals surface area contributed by atoms with Gasteiger partial charge in [-0.1, -0.05) is 12.1 Å². The van der Waals surface area contributed by atoms with E-state index in [4.69, 9.17) is 0 Å². The van der Waals surface area contributed by atoms with Crippen LogP contribution in [-0.4, -0.2) is 18.6 Å². The van der Waals surface area contributed by atoms with Crippen molar-refractivity contribution in [1.29, 1.82) is 0 Å². The Bertz CT molecular complexity index is 499. The van der Waals surface area contributed by atoms with Crippen molar-refractivity contribution in [2.75, 3.05) is 11.9 Å². The molecule has 1 aromatic rings. The van der Waals surface area contributed by atoms with E-state index in [-0.39, 0.29) is 12.3 Å². The first-order valence-electron chi connectivity index (χ1n) is 4.85. The number of hydrogen-bond acceptors (Lipinski definition) is 3. The molecule has 1 aromatic carbocycles. The van der Waals surface area contributed by atoms with Gasteiger partial charge < -0.3 is 15.4 Å². The van der Waals surface area contributed by atoms with Gasteiger partial charge in [-0.15, -0.1) is 0 Å². The number of halogens is 1. The molecule has 1 aliphatic heterocycles. The van der Waals surface area contributed by atoms with Gasteiger partial charge in [-0.2, -0.15) is 0 Å². The van der Waals surface area contributed by atoms with Gasteiger partial charge in [-0.3, -0.25) is 0 Å². The number of amides is 2. The summed E-state index contributed by atoms with van der Waals surface area (Å²) in [5, 5.41) is 4.70. The third-order valence-corrected chi connectivity index (χ3v) is 2.06. The highest BCUT2D eigenvalue weighted by atomic mass is 19.1. The monoisotopic (exact) mass is 236 g/mol. The largest absolute Gasteiger partial charge is 0.456 e. The predicted octanol–water partition coefficient (Wildman–Crippen LogP) is 1.39. The Morgan fingerprint density at radius 1 is 1.29 bits per heavy atom. The summed E-state index contributed by atoms with van der Waals surface area (Å²) >= 11 is 0. The molecule has 0 unspecified atom stereocenters. The van der Waals surface area contributed by atoms with E-state index in [0.717, 1.165) is 0 Å². The fourth-order valence-corrected chi connectivity index (χ4v) is 1.31. The third-order valence-electron chi connectivity index (χ3n) is 2.06. The Kier molecular flexibility index (Phi) is 3.04. The lowest BCUT2D eigenvalue weighted by molar-refractivity contribution is -0.134. The topological polar surface area (TPSA) is 67.4 Å². The maximum atomic E-state index is 13.2. The van der Waals surface area contributed by atoms with Crippen molar-refractivity contribution >= 4 is 17.7 Å². The molecule has 2 rings (SSSR count). The minimum atomic E-state index is -0.625. The van der Waals surface area contributed by atoms with Gasteiger partial charge in [0.25, 0.3) is 0 Å². The van der Waals surface area contributed by atoms with E-state index in [1.807, 2.05) is 0 Å². The van der Waals surface area contributed by atoms with Crippen LogP contribution in [0, 0.1) is 5.82 Å². The third kappa shape index (κ3) is 2.81. The lowest BCUT2D eigenvalue weighted by atomic mass is 10.3. The van der Waals surface area contributed by atoms with Gasteiger partial charge in [0, 0.05) is 6.08 Å². The van der Waals surface area contributed by atoms with Gasteiger partial charge in [-0.05, 0) is 12.1 Å². The van der Waals surface area contributed by atoms with Crippen LogP contribution in [0.25, 0.3) is 0 Å². The molecule has 0 aromatic heterocycles. The molecule has 0 fully saturated rings. The molecule has 1 aliphatic rings. The Labute approximate surface area is 96.3 Å². The molecule has 0 aliphatic carbocycles. The molecule has 5 nitrogen and oxygen atoms in total. The molecule has 1 heterocycles. The molecular weight excluding hydrogens is 227 g/mol. The SMILES string of the molecule is O=C(NC1=CC(=O)OC1)Nc1ccccc1F. The highest BCUT2D eigenvalue weighted by Crippen LogP contribution is 2.12. The van der Waals surface area contributed by atoms with Gasteiger partial charge in [0.1, 0.15) is 12.4 Å². The smallest absolute Gasteiger partial charge is 0.333 e. The summed E-state index contributed by atoms with van der Waals surface area (Å²) in [7, 11) is 0. The normalized spacial score (nSPS) is 13.9. The van der Waals surface area contributed by atoms with Crippen molar-refractivity contribution < 1.29 is 18.7 Å². The first kappa shape index (κ1) is 11.1. The molecule has 2 amide bonds. The molecule has 2 N–H and O–H groups in total. The molecule has 17 heavy (non-hydrogen) atoms. The number of urea groups is 1. The first-order chi connectivity index (χ1) is 8.15. The average molecular weight is 236 g/mol. The second-order valence-electron chi connectivity index (χ2n) is 3.34. The van der Waals surface area contributed by atoms with Gasteiger partial charge >= 0.3 is 12.0 Å². The first-order valence-corrected chi connectivity index (χ1v) is 4.85. The average Bonchev–Trinajstić information content (AvgIpc) is 2.67. The molecule has 0 saturated carbocycles. The number of para-hydroxylation sites is 1. The second kappa shape index (κ2) is 4.65. The summed E-state index contributed by atoms with van der Waals surface area (Å²) in [6, 6.07) is 5.15. The quantitative estimate of drug-likeness (QED) is 0.762. The minimum Gasteiger partial charge on any atom is -0.456 e. The minimum absolute atomic E-state index is 0.0174. The Hall–Kier alpha value is -2.37. The van der Waals surface area contributed by atoms with Crippen molar-refractivity contribution in [3.8, 4) is 0 Å². The zero-order valence-corrected chi connectivity index (χ0v) is 8.70. The van der Waals surface area contributed by atoms with E-state index < -0.39 is 17.8 Å². The Morgan fingerprint density at radius 2 is 2.06 bits per heavy atom. The van der Waals surface area contributed by atoms with Gasteiger partial charge in [0.05, 0.1) is 11.4 Å². The summed E-state index contributed by atoms with van der Waals surface area (Å²) < 4.78 is 17.8. The number of anilines is 1. The van der Waals surface area contributed by atoms with Crippen molar-refractivity contribution in [3.63, 3.8) is 0 Å². The van der Waals surface area contributed by atoms with Crippen LogP contribution in [0.3, 0.4) is 0 Å². The van der Waals surface area contributed by atoms with Crippen molar-refractivity contribution in [3.05, 3.63) is 41.9 Å². The summed E-state index contributed by atoms with van der Waals surface area (Å²) in [5.74, 6) is -1.04. The van der Waals surface area contributed by atoms with Gasteiger partial charge in [-0.25, -0.2) is 14.0 Å². The number of carbonyl (C=O) groups excluding carboxylic acids is 2. The number of benzene rings is 1. The van der Waals surface area contributed by atoms with Crippen LogP contribution < -0.4 is 10.6 Å². The molecule has 0 radical (unpaired) electrons. The number of nitrogens with one attached hydrogen (secondary N) is 2. The van der Waals surface area contributed by atoms with Gasteiger partial charge in [0.15, 0.2) is 0 Å². The Morgan fingerprint density at radius 3 is 2.71 bits per heavy atom. The van der Waals surface area contributed by atoms with Crippen LogP contribution >= 0.6 is 0 Å². The van der Waals surface area contributed by atoms with Crippen LogP contribution in [0.5, 0.6) is 0 Å². The lowest BCUT2D eigenvalue weighted by Gasteiger charge is -2.07. The number of rotatable bonds is 2. The van der Waals surface area contributed by atoms with Crippen molar-refractivity contribution in [2.24, 2.45) is 0 Å². The molecular formula is C11H9FN2O3. The summed E-state index contributed by atoms with van der Waals surface area (Å²) in [4.78, 5) is 22.1. The summed E-state index contributed by atoms with van der Waals surface area (Å²) in [6.45, 7) is 0.0174. The van der Waals surface area contributed by atoms with Crippen LogP contribution in [0.1, 0.15) is 0 Å². The molecule has 0 bridgehead atoms. The second-order valence-corrected chi connectivity index (χ2v) is 3.34. The Balaban J connectivity index is 1.96. The zero-order chi connectivity index (χ0) is 12.3. The van der Waals surface area contributed by atoms with E-state index in [1.165, 1.54) is 24.3 Å². The predicted molar refractivity (Wildman–Crippen MR) is 57.6 cm³/mol.